The largest absolute Gasteiger partial charge is 1.00 e. The second-order valence-electron chi connectivity index (χ2n) is 7.35. The number of carbonyl (C=O) groups excluding carboxylic acids is 2. The Morgan fingerprint density at radius 2 is 1.08 bits per heavy atom. The van der Waals surface area contributed by atoms with Gasteiger partial charge in [0, 0.05) is 17.7 Å². The Morgan fingerprint density at radius 1 is 0.658 bits per heavy atom. The summed E-state index contributed by atoms with van der Waals surface area (Å²) in [5, 5.41) is 42.4. The molecule has 38 heavy (non-hydrogen) atoms. The molecule has 4 rings (SSSR count). The zero-order valence-corrected chi connectivity index (χ0v) is 24.5. The molecular weight excluding hydrogens is 516 g/mol. The summed E-state index contributed by atoms with van der Waals surface area (Å²) in [6, 6.07) is 17.1. The van der Waals surface area contributed by atoms with E-state index in [1.807, 2.05) is 6.07 Å². The van der Waals surface area contributed by atoms with Crippen molar-refractivity contribution in [3.63, 3.8) is 0 Å². The number of carboxylic acids is 2. The topological polar surface area (TPSA) is 178 Å². The number of benzene rings is 3. The van der Waals surface area contributed by atoms with Gasteiger partial charge in [-0.15, -0.1) is 0 Å². The van der Waals surface area contributed by atoms with E-state index in [9.17, 15) is 30.0 Å². The van der Waals surface area contributed by atoms with E-state index < -0.39 is 25.2 Å². The van der Waals surface area contributed by atoms with Crippen molar-refractivity contribution >= 4 is 11.9 Å². The molecule has 0 fully saturated rings. The van der Waals surface area contributed by atoms with Crippen LogP contribution in [0.5, 0.6) is 23.0 Å². The molecule has 3 aromatic carbocycles. The Labute approximate surface area is 260 Å². The minimum Gasteiger partial charge on any atom is -0.546 e. The van der Waals surface area contributed by atoms with Gasteiger partial charge in [0.25, 0.3) is 0 Å². The molecule has 13 heteroatoms. The minimum absolute atomic E-state index is 0. The average Bonchev–Trinajstić information content (AvgIpc) is 2.86. The van der Waals surface area contributed by atoms with Crippen molar-refractivity contribution in [3.05, 3.63) is 66.7 Å². The molecule has 0 aliphatic carbocycles. The van der Waals surface area contributed by atoms with E-state index >= 15 is 0 Å². The number of phenolic OH excluding ortho intramolecular Hbond substituents is 2. The van der Waals surface area contributed by atoms with E-state index in [0.717, 1.165) is 0 Å². The van der Waals surface area contributed by atoms with E-state index in [4.69, 9.17) is 9.47 Å². The third kappa shape index (κ3) is 7.90. The van der Waals surface area contributed by atoms with Crippen LogP contribution in [0.1, 0.15) is 0 Å². The summed E-state index contributed by atoms with van der Waals surface area (Å²) < 4.78 is 10.1. The van der Waals surface area contributed by atoms with Crippen molar-refractivity contribution in [1.82, 2.24) is 15.0 Å². The quantitative estimate of drug-likeness (QED) is 0.196. The van der Waals surface area contributed by atoms with Gasteiger partial charge in [0.1, 0.15) is 36.2 Å². The smallest absolute Gasteiger partial charge is 0.546 e. The van der Waals surface area contributed by atoms with Gasteiger partial charge in [-0.2, -0.15) is 0 Å². The first-order valence-corrected chi connectivity index (χ1v) is 10.4. The number of aromatic hydroxyl groups is 2. The van der Waals surface area contributed by atoms with Gasteiger partial charge in [0.15, 0.2) is 17.5 Å². The van der Waals surface area contributed by atoms with E-state index in [1.54, 1.807) is 24.3 Å². The van der Waals surface area contributed by atoms with Gasteiger partial charge in [-0.05, 0) is 24.3 Å². The van der Waals surface area contributed by atoms with Gasteiger partial charge >= 0.3 is 59.1 Å². The van der Waals surface area contributed by atoms with Crippen LogP contribution in [0.25, 0.3) is 34.2 Å². The summed E-state index contributed by atoms with van der Waals surface area (Å²) in [5.74, 6) is -2.80. The van der Waals surface area contributed by atoms with Crippen LogP contribution in [0.4, 0.5) is 0 Å². The van der Waals surface area contributed by atoms with Crippen molar-refractivity contribution < 1.29 is 98.6 Å². The summed E-state index contributed by atoms with van der Waals surface area (Å²) >= 11 is 0. The number of ether oxygens (including phenoxy) is 2. The van der Waals surface area contributed by atoms with Crippen LogP contribution >= 0.6 is 0 Å². The van der Waals surface area contributed by atoms with Gasteiger partial charge in [-0.3, -0.25) is 0 Å². The molecule has 0 atom stereocenters. The number of aromatic nitrogens is 3. The number of aliphatic carboxylic acids is 2. The fraction of sp³-hybridized carbons (Fsp3) is 0.0800. The summed E-state index contributed by atoms with van der Waals surface area (Å²) in [6.07, 6.45) is 0. The van der Waals surface area contributed by atoms with Crippen molar-refractivity contribution in [2.24, 2.45) is 0 Å². The normalized spacial score (nSPS) is 10.0. The van der Waals surface area contributed by atoms with Crippen LogP contribution in [-0.2, 0) is 9.59 Å². The molecule has 11 nitrogen and oxygen atoms in total. The first-order valence-electron chi connectivity index (χ1n) is 10.4. The van der Waals surface area contributed by atoms with E-state index in [1.165, 1.54) is 36.4 Å². The second kappa shape index (κ2) is 14.1. The van der Waals surface area contributed by atoms with Crippen molar-refractivity contribution in [1.29, 1.82) is 0 Å². The van der Waals surface area contributed by atoms with E-state index in [0.29, 0.717) is 5.56 Å². The van der Waals surface area contributed by atoms with Gasteiger partial charge in [-0.25, -0.2) is 15.0 Å². The molecule has 182 valence electrons. The van der Waals surface area contributed by atoms with Gasteiger partial charge in [0.05, 0.1) is 23.1 Å². The van der Waals surface area contributed by atoms with Crippen LogP contribution < -0.4 is 78.8 Å². The molecular formula is C25H17N3Na2O8. The van der Waals surface area contributed by atoms with Crippen molar-refractivity contribution in [2.75, 3.05) is 13.2 Å². The first-order chi connectivity index (χ1) is 17.3. The van der Waals surface area contributed by atoms with Gasteiger partial charge in [-0.1, -0.05) is 30.3 Å². The third-order valence-corrected chi connectivity index (χ3v) is 4.80. The summed E-state index contributed by atoms with van der Waals surface area (Å²) in [4.78, 5) is 34.6. The van der Waals surface area contributed by atoms with Crippen LogP contribution in [0.2, 0.25) is 0 Å². The fourth-order valence-electron chi connectivity index (χ4n) is 3.20. The SMILES string of the molecule is O=C([O-])COc1ccc(-c2nc(-c3ccccc3)nc(-c3ccc(OCC(=O)[O-])cc3O)n2)c(O)c1.[Na+].[Na+]. The molecule has 0 radical (unpaired) electrons. The molecule has 0 bridgehead atoms. The zero-order valence-electron chi connectivity index (χ0n) is 20.5. The first kappa shape index (κ1) is 31.0. The maximum Gasteiger partial charge on any atom is 1.00 e. The number of hydrogen-bond acceptors (Lipinski definition) is 11. The van der Waals surface area contributed by atoms with Crippen molar-refractivity contribution in [3.8, 4) is 57.2 Å². The molecule has 0 spiro atoms. The summed E-state index contributed by atoms with van der Waals surface area (Å²) in [5.41, 5.74) is 1.04. The average molecular weight is 533 g/mol. The summed E-state index contributed by atoms with van der Waals surface area (Å²) in [7, 11) is 0. The maximum absolute atomic E-state index is 10.6. The summed E-state index contributed by atoms with van der Waals surface area (Å²) in [6.45, 7) is -1.37. The Hall–Kier alpha value is -3.19. The van der Waals surface area contributed by atoms with Gasteiger partial charge < -0.3 is 39.5 Å². The van der Waals surface area contributed by atoms with Crippen LogP contribution in [0.15, 0.2) is 66.7 Å². The monoisotopic (exact) mass is 533 g/mol. The zero-order chi connectivity index (χ0) is 25.7. The number of phenols is 2. The second-order valence-corrected chi connectivity index (χ2v) is 7.35. The Kier molecular flexibility index (Phi) is 11.5. The number of rotatable bonds is 9. The fourth-order valence-corrected chi connectivity index (χ4v) is 3.20. The van der Waals surface area contributed by atoms with Crippen LogP contribution in [0.3, 0.4) is 0 Å². The molecule has 0 amide bonds. The molecule has 4 aromatic rings. The maximum atomic E-state index is 10.6. The number of carbonyl (C=O) groups is 2. The minimum atomic E-state index is -1.41. The van der Waals surface area contributed by atoms with Crippen LogP contribution in [0, 0.1) is 0 Å². The Balaban J connectivity index is 0.00000253. The van der Waals surface area contributed by atoms with E-state index in [2.05, 4.69) is 15.0 Å². The number of hydrogen-bond donors (Lipinski definition) is 2. The molecule has 1 heterocycles. The Bertz CT molecular complexity index is 1350. The molecule has 0 aliphatic heterocycles. The molecule has 1 aromatic heterocycles. The number of carboxylic acid groups (broad SMARTS) is 2. The molecule has 0 aliphatic rings. The van der Waals surface area contributed by atoms with Crippen LogP contribution in [-0.4, -0.2) is 50.3 Å². The predicted molar refractivity (Wildman–Crippen MR) is 120 cm³/mol. The molecule has 0 unspecified atom stereocenters. The Morgan fingerprint density at radius 3 is 1.47 bits per heavy atom. The molecule has 2 N–H and O–H groups in total. The third-order valence-electron chi connectivity index (χ3n) is 4.80. The molecule has 0 saturated carbocycles. The standard InChI is InChI=1S/C25H19N3O8.2Na/c29-19-10-15(35-12-21(31)32)6-8-17(19)24-26-23(14-4-2-1-3-5-14)27-25(28-24)18-9-7-16(11-20(18)30)36-13-22(33)34;;/h1-11,29-30H,12-13H2,(H,31,32)(H,33,34);;/q;2*+1/p-2. The van der Waals surface area contributed by atoms with Crippen molar-refractivity contribution in [2.45, 2.75) is 0 Å². The van der Waals surface area contributed by atoms with E-state index in [-0.39, 0.29) is 111 Å². The predicted octanol–water partition coefficient (Wildman–Crippen LogP) is -5.45. The number of nitrogens with zero attached hydrogens (tertiary/aromatic N) is 3. The molecule has 0 saturated heterocycles. The van der Waals surface area contributed by atoms with Gasteiger partial charge in [0.2, 0.25) is 0 Å².